The largest absolute Gasteiger partial charge is 0.312 e. The summed E-state index contributed by atoms with van der Waals surface area (Å²) in [7, 11) is 0. The van der Waals surface area contributed by atoms with E-state index in [1.165, 1.54) is 6.33 Å². The molecular weight excluding hydrogens is 308 g/mol. The van der Waals surface area contributed by atoms with Crippen molar-refractivity contribution in [2.75, 3.05) is 0 Å². The van der Waals surface area contributed by atoms with Gasteiger partial charge in [0.2, 0.25) is 0 Å². The van der Waals surface area contributed by atoms with Gasteiger partial charge in [-0.15, -0.1) is 0 Å². The van der Waals surface area contributed by atoms with Crippen molar-refractivity contribution in [3.63, 3.8) is 0 Å². The maximum atomic E-state index is 11.6. The Kier molecular flexibility index (Phi) is 3.16. The van der Waals surface area contributed by atoms with Gasteiger partial charge in [0.25, 0.3) is 5.56 Å². The molecule has 6 heteroatoms. The molecule has 96 valence electrons. The van der Waals surface area contributed by atoms with Crippen molar-refractivity contribution in [1.29, 1.82) is 0 Å². The van der Waals surface area contributed by atoms with E-state index in [0.29, 0.717) is 17.6 Å². The number of hydrogen-bond acceptors (Lipinski definition) is 3. The summed E-state index contributed by atoms with van der Waals surface area (Å²) in [5.41, 5.74) is 1.60. The van der Waals surface area contributed by atoms with E-state index < -0.39 is 0 Å². The molecule has 2 heterocycles. The second-order valence-corrected chi connectivity index (χ2v) is 5.28. The SMILES string of the molecule is O=c1[nH]cnc2c1cnn2CC(Br)c1ccccc1. The zero-order valence-corrected chi connectivity index (χ0v) is 11.5. The number of benzene rings is 1. The quantitative estimate of drug-likeness (QED) is 0.753. The van der Waals surface area contributed by atoms with E-state index in [1.54, 1.807) is 10.9 Å². The number of aromatic nitrogens is 4. The summed E-state index contributed by atoms with van der Waals surface area (Å²) in [5.74, 6) is 0. The number of fused-ring (bicyclic) bond motifs is 1. The predicted molar refractivity (Wildman–Crippen MR) is 76.3 cm³/mol. The second kappa shape index (κ2) is 4.97. The number of halogens is 1. The van der Waals surface area contributed by atoms with Crippen LogP contribution in [0.25, 0.3) is 11.0 Å². The fraction of sp³-hybridized carbons (Fsp3) is 0.154. The van der Waals surface area contributed by atoms with E-state index >= 15 is 0 Å². The first-order valence-electron chi connectivity index (χ1n) is 5.84. The van der Waals surface area contributed by atoms with Crippen molar-refractivity contribution in [3.8, 4) is 0 Å². The van der Waals surface area contributed by atoms with Crippen LogP contribution in [0.3, 0.4) is 0 Å². The third kappa shape index (κ3) is 2.31. The summed E-state index contributed by atoms with van der Waals surface area (Å²) in [6, 6.07) is 10.1. The van der Waals surface area contributed by atoms with Crippen LogP contribution in [0.5, 0.6) is 0 Å². The first-order valence-corrected chi connectivity index (χ1v) is 6.75. The van der Waals surface area contributed by atoms with Crippen LogP contribution in [-0.4, -0.2) is 19.7 Å². The van der Waals surface area contributed by atoms with Gasteiger partial charge in [-0.3, -0.25) is 4.79 Å². The van der Waals surface area contributed by atoms with Gasteiger partial charge in [0.15, 0.2) is 5.65 Å². The molecular formula is C13H11BrN4O. The van der Waals surface area contributed by atoms with Gasteiger partial charge in [-0.25, -0.2) is 9.67 Å². The first kappa shape index (κ1) is 12.1. The molecule has 0 saturated heterocycles. The highest BCUT2D eigenvalue weighted by Crippen LogP contribution is 2.24. The lowest BCUT2D eigenvalue weighted by Gasteiger charge is -2.10. The van der Waals surface area contributed by atoms with Gasteiger partial charge in [-0.2, -0.15) is 5.10 Å². The number of nitrogens with one attached hydrogen (secondary N) is 1. The van der Waals surface area contributed by atoms with Gasteiger partial charge in [0.05, 0.1) is 23.9 Å². The Morgan fingerprint density at radius 3 is 2.89 bits per heavy atom. The molecule has 0 spiro atoms. The number of aromatic amines is 1. The van der Waals surface area contributed by atoms with Crippen molar-refractivity contribution in [2.24, 2.45) is 0 Å². The minimum absolute atomic E-state index is 0.123. The minimum Gasteiger partial charge on any atom is -0.312 e. The molecule has 0 aliphatic heterocycles. The third-order valence-electron chi connectivity index (χ3n) is 2.93. The molecule has 1 unspecified atom stereocenters. The predicted octanol–water partition coefficient (Wildman–Crippen LogP) is 2.26. The number of H-pyrrole nitrogens is 1. The molecule has 0 fully saturated rings. The lowest BCUT2D eigenvalue weighted by atomic mass is 10.1. The Balaban J connectivity index is 1.94. The maximum Gasteiger partial charge on any atom is 0.261 e. The highest BCUT2D eigenvalue weighted by atomic mass is 79.9. The van der Waals surface area contributed by atoms with E-state index in [-0.39, 0.29) is 10.4 Å². The highest BCUT2D eigenvalue weighted by molar-refractivity contribution is 9.09. The number of alkyl halides is 1. The Hall–Kier alpha value is -1.95. The Morgan fingerprint density at radius 1 is 1.32 bits per heavy atom. The number of nitrogens with zero attached hydrogens (tertiary/aromatic N) is 3. The molecule has 5 nitrogen and oxygen atoms in total. The zero-order valence-electron chi connectivity index (χ0n) is 9.95. The average molecular weight is 319 g/mol. The van der Waals surface area contributed by atoms with Crippen molar-refractivity contribution in [3.05, 3.63) is 58.8 Å². The van der Waals surface area contributed by atoms with Gasteiger partial charge >= 0.3 is 0 Å². The van der Waals surface area contributed by atoms with E-state index in [2.05, 4.69) is 31.0 Å². The standard InChI is InChI=1S/C13H11BrN4O/c14-11(9-4-2-1-3-5-9)7-18-12-10(6-17-18)13(19)16-8-15-12/h1-6,8,11H,7H2,(H,15,16,19). The van der Waals surface area contributed by atoms with Crippen molar-refractivity contribution in [2.45, 2.75) is 11.4 Å². The molecule has 0 amide bonds. The normalized spacial score (nSPS) is 12.7. The molecule has 1 N–H and O–H groups in total. The molecule has 2 aromatic heterocycles. The van der Waals surface area contributed by atoms with E-state index in [4.69, 9.17) is 0 Å². The summed E-state index contributed by atoms with van der Waals surface area (Å²) >= 11 is 3.64. The molecule has 0 saturated carbocycles. The first-order chi connectivity index (χ1) is 9.25. The van der Waals surface area contributed by atoms with Crippen LogP contribution in [-0.2, 0) is 6.54 Å². The summed E-state index contributed by atoms with van der Waals surface area (Å²) in [5, 5.41) is 4.74. The van der Waals surface area contributed by atoms with Gasteiger partial charge in [-0.05, 0) is 5.56 Å². The molecule has 1 atom stereocenters. The molecule has 19 heavy (non-hydrogen) atoms. The average Bonchev–Trinajstić information content (AvgIpc) is 2.84. The van der Waals surface area contributed by atoms with E-state index in [1.807, 2.05) is 30.3 Å². The van der Waals surface area contributed by atoms with Gasteiger partial charge in [0, 0.05) is 0 Å². The van der Waals surface area contributed by atoms with Crippen LogP contribution in [0.2, 0.25) is 0 Å². The molecule has 0 aliphatic carbocycles. The highest BCUT2D eigenvalue weighted by Gasteiger charge is 2.12. The lowest BCUT2D eigenvalue weighted by Crippen LogP contribution is -2.09. The van der Waals surface area contributed by atoms with Gasteiger partial charge in [0.1, 0.15) is 5.39 Å². The monoisotopic (exact) mass is 318 g/mol. The van der Waals surface area contributed by atoms with Crippen molar-refractivity contribution >= 4 is 27.0 Å². The van der Waals surface area contributed by atoms with Crippen molar-refractivity contribution in [1.82, 2.24) is 19.7 Å². The molecule has 3 rings (SSSR count). The zero-order chi connectivity index (χ0) is 13.2. The van der Waals surface area contributed by atoms with Crippen LogP contribution in [0.1, 0.15) is 10.4 Å². The molecule has 0 radical (unpaired) electrons. The second-order valence-electron chi connectivity index (χ2n) is 4.17. The van der Waals surface area contributed by atoms with Crippen LogP contribution in [0, 0.1) is 0 Å². The lowest BCUT2D eigenvalue weighted by molar-refractivity contribution is 0.626. The van der Waals surface area contributed by atoms with E-state index in [9.17, 15) is 4.79 Å². The molecule has 1 aromatic carbocycles. The van der Waals surface area contributed by atoms with Crippen LogP contribution >= 0.6 is 15.9 Å². The van der Waals surface area contributed by atoms with Crippen LogP contribution in [0.15, 0.2) is 47.7 Å². The maximum absolute atomic E-state index is 11.6. The molecule has 0 aliphatic rings. The fourth-order valence-corrected chi connectivity index (χ4v) is 2.54. The molecule has 3 aromatic rings. The van der Waals surface area contributed by atoms with E-state index in [0.717, 1.165) is 5.56 Å². The molecule has 0 bridgehead atoms. The van der Waals surface area contributed by atoms with Gasteiger partial charge < -0.3 is 4.98 Å². The number of rotatable bonds is 3. The smallest absolute Gasteiger partial charge is 0.261 e. The minimum atomic E-state index is -0.165. The van der Waals surface area contributed by atoms with Crippen LogP contribution < -0.4 is 5.56 Å². The summed E-state index contributed by atoms with van der Waals surface area (Å²) in [6.45, 7) is 0.615. The Bertz CT molecular complexity index is 750. The Morgan fingerprint density at radius 2 is 2.11 bits per heavy atom. The fourth-order valence-electron chi connectivity index (χ4n) is 1.96. The number of hydrogen-bond donors (Lipinski definition) is 1. The van der Waals surface area contributed by atoms with Crippen molar-refractivity contribution < 1.29 is 0 Å². The summed E-state index contributed by atoms with van der Waals surface area (Å²) < 4.78 is 1.73. The summed E-state index contributed by atoms with van der Waals surface area (Å²) in [4.78, 5) is 18.4. The topological polar surface area (TPSA) is 63.6 Å². The van der Waals surface area contributed by atoms with Crippen LogP contribution in [0.4, 0.5) is 0 Å². The Labute approximate surface area is 117 Å². The van der Waals surface area contributed by atoms with Gasteiger partial charge in [-0.1, -0.05) is 46.3 Å². The summed E-state index contributed by atoms with van der Waals surface area (Å²) in [6.07, 6.45) is 2.94. The third-order valence-corrected chi connectivity index (χ3v) is 3.75.